The number of ether oxygens (including phenoxy) is 2. The molecule has 1 heterocycles. The molecule has 1 rings (SSSR count). The minimum Gasteiger partial charge on any atom is -0.547 e. The molecule has 0 saturated carbocycles. The smallest absolute Gasteiger partial charge is 0.0829 e. The summed E-state index contributed by atoms with van der Waals surface area (Å²) in [6, 6.07) is 0.197. The van der Waals surface area contributed by atoms with E-state index in [4.69, 9.17) is 14.6 Å². The molecule has 0 amide bonds. The van der Waals surface area contributed by atoms with Gasteiger partial charge in [-0.3, -0.25) is 4.90 Å². The summed E-state index contributed by atoms with van der Waals surface area (Å²) in [6.07, 6.45) is 0.963. The monoisotopic (exact) mass is 392 g/mol. The van der Waals surface area contributed by atoms with Gasteiger partial charge in [0.2, 0.25) is 0 Å². The molecular weight excluding hydrogens is 357 g/mol. The van der Waals surface area contributed by atoms with Crippen LogP contribution in [0.3, 0.4) is 0 Å². The molecule has 1 fully saturated rings. The Kier molecular flexibility index (Phi) is 16.3. The number of aliphatic hydroxyl groups is 1. The summed E-state index contributed by atoms with van der Waals surface area (Å²) in [7, 11) is 0. The molecular formula is C16H35N2O3Y-. The maximum atomic E-state index is 9.15. The zero-order valence-electron chi connectivity index (χ0n) is 15.3. The fourth-order valence-corrected chi connectivity index (χ4v) is 2.03. The third-order valence-corrected chi connectivity index (χ3v) is 3.17. The maximum absolute atomic E-state index is 9.15. The quantitative estimate of drug-likeness (QED) is 0.616. The number of nitrogens with one attached hydrogen (secondary N) is 1. The minimum atomic E-state index is -0.262. The van der Waals surface area contributed by atoms with Gasteiger partial charge in [0.1, 0.15) is 0 Å². The molecule has 6 heteroatoms. The third-order valence-electron chi connectivity index (χ3n) is 3.17. The summed E-state index contributed by atoms with van der Waals surface area (Å²) in [4.78, 5) is 2.32. The Balaban J connectivity index is 0. The Morgan fingerprint density at radius 2 is 1.95 bits per heavy atom. The van der Waals surface area contributed by atoms with Crippen molar-refractivity contribution in [3.8, 4) is 0 Å². The van der Waals surface area contributed by atoms with Crippen molar-refractivity contribution in [3.63, 3.8) is 0 Å². The molecule has 0 aliphatic carbocycles. The van der Waals surface area contributed by atoms with Crippen LogP contribution in [-0.2, 0) is 42.2 Å². The zero-order valence-corrected chi connectivity index (χ0v) is 18.2. The Morgan fingerprint density at radius 1 is 1.32 bits per heavy atom. The molecule has 0 aromatic rings. The molecule has 0 aromatic carbocycles. The van der Waals surface area contributed by atoms with Gasteiger partial charge < -0.3 is 19.9 Å². The van der Waals surface area contributed by atoms with Crippen molar-refractivity contribution in [3.05, 3.63) is 6.10 Å². The predicted octanol–water partition coefficient (Wildman–Crippen LogP) is 1.66. The molecule has 0 bridgehead atoms. The zero-order chi connectivity index (χ0) is 16.3. The fraction of sp³-hybridized carbons (Fsp3) is 0.938. The van der Waals surface area contributed by atoms with E-state index in [9.17, 15) is 0 Å². The van der Waals surface area contributed by atoms with E-state index in [-0.39, 0.29) is 51.0 Å². The van der Waals surface area contributed by atoms with Gasteiger partial charge in [-0.05, 0) is 13.8 Å². The van der Waals surface area contributed by atoms with Gasteiger partial charge >= 0.3 is 0 Å². The summed E-state index contributed by atoms with van der Waals surface area (Å²) in [6.45, 7) is 17.2. The van der Waals surface area contributed by atoms with Gasteiger partial charge in [0.25, 0.3) is 0 Å². The van der Waals surface area contributed by atoms with Crippen molar-refractivity contribution in [1.82, 2.24) is 10.2 Å². The molecule has 5 nitrogen and oxygen atoms in total. The van der Waals surface area contributed by atoms with E-state index in [0.717, 1.165) is 32.3 Å². The van der Waals surface area contributed by atoms with Crippen molar-refractivity contribution in [2.75, 3.05) is 46.0 Å². The molecule has 22 heavy (non-hydrogen) atoms. The van der Waals surface area contributed by atoms with Crippen LogP contribution in [0, 0.1) is 6.10 Å². The summed E-state index contributed by atoms with van der Waals surface area (Å²) < 4.78 is 11.4. The standard InChI is InChI=1S/C14H29N2O3.C2H6.Y/c1-12(2)18-11-14(3,4)19-8-7-16-6-5-15-13(9-16)10-17;1-2;/h13,15,17H,5-11H2,1-4H3;1-2H3;/q-1;;. The second-order valence-electron chi connectivity index (χ2n) is 5.94. The van der Waals surface area contributed by atoms with E-state index < -0.39 is 0 Å². The van der Waals surface area contributed by atoms with Gasteiger partial charge in [-0.15, -0.1) is 0 Å². The summed E-state index contributed by atoms with van der Waals surface area (Å²) in [5.41, 5.74) is -0.262. The van der Waals surface area contributed by atoms with Crippen LogP contribution in [0.4, 0.5) is 0 Å². The Hall–Kier alpha value is 0.904. The van der Waals surface area contributed by atoms with Crippen LogP contribution in [0.1, 0.15) is 41.5 Å². The molecule has 1 atom stereocenters. The minimum absolute atomic E-state index is 0. The number of rotatable bonds is 8. The Labute approximate surface area is 162 Å². The number of hydrogen-bond donors (Lipinski definition) is 2. The molecule has 1 unspecified atom stereocenters. The van der Waals surface area contributed by atoms with Crippen molar-refractivity contribution in [1.29, 1.82) is 0 Å². The number of piperazine rings is 1. The van der Waals surface area contributed by atoms with E-state index in [1.165, 1.54) is 0 Å². The first-order valence-corrected chi connectivity index (χ1v) is 8.06. The Bertz CT molecular complexity index is 254. The van der Waals surface area contributed by atoms with Crippen LogP contribution in [0.2, 0.25) is 0 Å². The van der Waals surface area contributed by atoms with E-state index in [2.05, 4.69) is 10.2 Å². The van der Waals surface area contributed by atoms with Gasteiger partial charge in [0, 0.05) is 71.5 Å². The first-order chi connectivity index (χ1) is 9.93. The van der Waals surface area contributed by atoms with E-state index in [0.29, 0.717) is 13.2 Å². The van der Waals surface area contributed by atoms with Gasteiger partial charge in [0.15, 0.2) is 0 Å². The largest absolute Gasteiger partial charge is 0.547 e. The van der Waals surface area contributed by atoms with Crippen molar-refractivity contribution < 1.29 is 47.3 Å². The molecule has 1 saturated heterocycles. The van der Waals surface area contributed by atoms with Gasteiger partial charge in [-0.2, -0.15) is 13.8 Å². The van der Waals surface area contributed by atoms with Gasteiger partial charge in [0.05, 0.1) is 18.8 Å². The maximum Gasteiger partial charge on any atom is 0.0829 e. The molecule has 1 radical (unpaired) electrons. The number of nitrogens with zero attached hydrogens (tertiary/aromatic N) is 1. The second kappa shape index (κ2) is 14.3. The summed E-state index contributed by atoms with van der Waals surface area (Å²) in [5.74, 6) is 0. The number of aliphatic hydroxyl groups excluding tert-OH is 1. The SMILES string of the molecule is CC.C[C-](C)OCC(C)(C)OCCN1CCNC(CO)C1.[Y]. The summed E-state index contributed by atoms with van der Waals surface area (Å²) in [5, 5.41) is 12.4. The van der Waals surface area contributed by atoms with Crippen LogP contribution in [-0.4, -0.2) is 67.6 Å². The summed E-state index contributed by atoms with van der Waals surface area (Å²) >= 11 is 0. The Morgan fingerprint density at radius 3 is 2.50 bits per heavy atom. The topological polar surface area (TPSA) is 54.0 Å². The van der Waals surface area contributed by atoms with Crippen LogP contribution in [0.15, 0.2) is 0 Å². The van der Waals surface area contributed by atoms with Crippen LogP contribution in [0.25, 0.3) is 0 Å². The first kappa shape index (κ1) is 25.1. The number of hydrogen-bond acceptors (Lipinski definition) is 5. The van der Waals surface area contributed by atoms with Crippen molar-refractivity contribution in [2.24, 2.45) is 0 Å². The van der Waals surface area contributed by atoms with Crippen molar-refractivity contribution >= 4 is 0 Å². The van der Waals surface area contributed by atoms with Crippen LogP contribution in [0.5, 0.6) is 0 Å². The average Bonchev–Trinajstić information content (AvgIpc) is 2.47. The van der Waals surface area contributed by atoms with Gasteiger partial charge in [-0.25, -0.2) is 6.10 Å². The van der Waals surface area contributed by atoms with Crippen molar-refractivity contribution in [2.45, 2.75) is 53.2 Å². The van der Waals surface area contributed by atoms with Crippen LogP contribution >= 0.6 is 0 Å². The second-order valence-corrected chi connectivity index (χ2v) is 5.94. The van der Waals surface area contributed by atoms with Crippen LogP contribution < -0.4 is 5.32 Å². The van der Waals surface area contributed by atoms with E-state index in [1.807, 2.05) is 41.5 Å². The molecule has 1 aliphatic rings. The molecule has 0 aromatic heterocycles. The molecule has 2 N–H and O–H groups in total. The average molecular weight is 392 g/mol. The molecule has 0 spiro atoms. The van der Waals surface area contributed by atoms with E-state index in [1.54, 1.807) is 0 Å². The third kappa shape index (κ3) is 12.3. The fourth-order valence-electron chi connectivity index (χ4n) is 2.03. The predicted molar refractivity (Wildman–Crippen MR) is 87.2 cm³/mol. The normalized spacial score (nSPS) is 19.4. The van der Waals surface area contributed by atoms with E-state index >= 15 is 0 Å². The molecule has 1 aliphatic heterocycles. The first-order valence-electron chi connectivity index (χ1n) is 8.06. The van der Waals surface area contributed by atoms with Gasteiger partial charge in [-0.1, -0.05) is 13.8 Å². The molecule has 131 valence electrons.